The molecule has 7 heteroatoms. The average Bonchev–Trinajstić information content (AvgIpc) is 3.14. The molecule has 1 aromatic carbocycles. The van der Waals surface area contributed by atoms with Crippen LogP contribution in [0.4, 0.5) is 5.82 Å². The molecule has 26 heavy (non-hydrogen) atoms. The lowest BCUT2D eigenvalue weighted by atomic mass is 9.96. The summed E-state index contributed by atoms with van der Waals surface area (Å²) >= 11 is 0. The number of nitrogens with one attached hydrogen (secondary N) is 1. The molecule has 0 atom stereocenters. The van der Waals surface area contributed by atoms with Crippen molar-refractivity contribution in [3.8, 4) is 0 Å². The summed E-state index contributed by atoms with van der Waals surface area (Å²) in [4.78, 5) is 14.7. The molecule has 2 aromatic heterocycles. The minimum absolute atomic E-state index is 0.0645. The highest BCUT2D eigenvalue weighted by atomic mass is 16.1. The van der Waals surface area contributed by atoms with Gasteiger partial charge in [-0.3, -0.25) is 4.79 Å². The number of aromatic nitrogens is 4. The molecule has 3 heterocycles. The zero-order valence-electron chi connectivity index (χ0n) is 14.8. The van der Waals surface area contributed by atoms with Gasteiger partial charge in [0, 0.05) is 25.6 Å². The Morgan fingerprint density at radius 2 is 2.08 bits per heavy atom. The minimum atomic E-state index is 0.0645. The Balaban J connectivity index is 1.31. The normalized spacial score (nSPS) is 15.3. The summed E-state index contributed by atoms with van der Waals surface area (Å²) in [6.45, 7) is 4.30. The van der Waals surface area contributed by atoms with Crippen LogP contribution in [0.15, 0.2) is 42.7 Å². The second kappa shape index (κ2) is 7.11. The van der Waals surface area contributed by atoms with Crippen molar-refractivity contribution < 1.29 is 4.79 Å². The molecule has 0 bridgehead atoms. The fourth-order valence-electron chi connectivity index (χ4n) is 3.41. The van der Waals surface area contributed by atoms with E-state index in [1.807, 2.05) is 24.3 Å². The smallest absolute Gasteiger partial charge is 0.223 e. The summed E-state index contributed by atoms with van der Waals surface area (Å²) < 4.78 is 1.68. The Bertz CT molecular complexity index is 913. The van der Waals surface area contributed by atoms with E-state index in [4.69, 9.17) is 0 Å². The number of hydrogen-bond donors (Lipinski definition) is 1. The highest BCUT2D eigenvalue weighted by molar-refractivity contribution is 5.79. The van der Waals surface area contributed by atoms with Crippen molar-refractivity contribution in [2.24, 2.45) is 5.92 Å². The summed E-state index contributed by atoms with van der Waals surface area (Å²) in [5, 5.41) is 15.4. The van der Waals surface area contributed by atoms with Gasteiger partial charge >= 0.3 is 0 Å². The number of piperidine rings is 1. The maximum atomic E-state index is 12.5. The molecule has 0 saturated carbocycles. The first kappa shape index (κ1) is 16.5. The van der Waals surface area contributed by atoms with Gasteiger partial charge in [0.05, 0.1) is 0 Å². The number of amides is 1. The van der Waals surface area contributed by atoms with Gasteiger partial charge in [-0.05, 0) is 37.5 Å². The van der Waals surface area contributed by atoms with E-state index in [-0.39, 0.29) is 11.8 Å². The molecule has 0 radical (unpaired) electrons. The molecule has 0 spiro atoms. The molecular weight excluding hydrogens is 328 g/mol. The Hall–Kier alpha value is -2.96. The third kappa shape index (κ3) is 3.51. The third-order valence-corrected chi connectivity index (χ3v) is 4.89. The number of anilines is 1. The highest BCUT2D eigenvalue weighted by Crippen LogP contribution is 2.22. The Morgan fingerprint density at radius 3 is 2.88 bits per heavy atom. The van der Waals surface area contributed by atoms with Crippen molar-refractivity contribution in [2.45, 2.75) is 26.3 Å². The summed E-state index contributed by atoms with van der Waals surface area (Å²) in [5.74, 6) is 1.11. The highest BCUT2D eigenvalue weighted by Gasteiger charge is 2.25. The third-order valence-electron chi connectivity index (χ3n) is 4.89. The lowest BCUT2D eigenvalue weighted by Crippen LogP contribution is -2.40. The summed E-state index contributed by atoms with van der Waals surface area (Å²) in [6, 6.07) is 12.1. The van der Waals surface area contributed by atoms with Gasteiger partial charge in [0.15, 0.2) is 5.65 Å². The first-order valence-corrected chi connectivity index (χ1v) is 8.94. The van der Waals surface area contributed by atoms with Crippen molar-refractivity contribution in [3.05, 3.63) is 53.9 Å². The predicted molar refractivity (Wildman–Crippen MR) is 98.7 cm³/mol. The van der Waals surface area contributed by atoms with Gasteiger partial charge < -0.3 is 10.2 Å². The van der Waals surface area contributed by atoms with Gasteiger partial charge in [-0.1, -0.05) is 29.8 Å². The van der Waals surface area contributed by atoms with Crippen LogP contribution in [-0.4, -0.2) is 38.8 Å². The van der Waals surface area contributed by atoms with Crippen LogP contribution in [0.3, 0.4) is 0 Å². The summed E-state index contributed by atoms with van der Waals surface area (Å²) in [7, 11) is 0. The first-order chi connectivity index (χ1) is 12.7. The molecule has 7 nitrogen and oxygen atoms in total. The van der Waals surface area contributed by atoms with Crippen molar-refractivity contribution in [1.82, 2.24) is 25.1 Å². The lowest BCUT2D eigenvalue weighted by molar-refractivity contribution is -0.125. The zero-order chi connectivity index (χ0) is 17.9. The Kier molecular flexibility index (Phi) is 4.51. The fraction of sp³-hybridized carbons (Fsp3) is 0.368. The molecule has 0 aliphatic carbocycles. The molecule has 3 aromatic rings. The van der Waals surface area contributed by atoms with Crippen LogP contribution >= 0.6 is 0 Å². The van der Waals surface area contributed by atoms with E-state index in [9.17, 15) is 4.79 Å². The molecule has 1 aliphatic rings. The molecule has 1 amide bonds. The van der Waals surface area contributed by atoms with Gasteiger partial charge in [0.1, 0.15) is 12.1 Å². The molecular formula is C19H22N6O. The molecule has 0 unspecified atom stereocenters. The molecule has 1 saturated heterocycles. The standard InChI is InChI=1S/C19H22N6O/c1-14-3-2-4-15(11-14)12-20-19(26)16-7-9-24(10-8-16)18-6-5-17-22-21-13-25(17)23-18/h2-6,11,13,16H,7-10,12H2,1H3,(H,20,26). The predicted octanol–water partition coefficient (Wildman–Crippen LogP) is 1.97. The monoisotopic (exact) mass is 350 g/mol. The van der Waals surface area contributed by atoms with Gasteiger partial charge in [0.2, 0.25) is 5.91 Å². The number of rotatable bonds is 4. The zero-order valence-corrected chi connectivity index (χ0v) is 14.8. The number of benzene rings is 1. The maximum absolute atomic E-state index is 12.5. The second-order valence-corrected chi connectivity index (χ2v) is 6.79. The fourth-order valence-corrected chi connectivity index (χ4v) is 3.41. The lowest BCUT2D eigenvalue weighted by Gasteiger charge is -2.32. The van der Waals surface area contributed by atoms with E-state index in [1.54, 1.807) is 10.8 Å². The molecule has 134 valence electrons. The van der Waals surface area contributed by atoms with Crippen LogP contribution in [-0.2, 0) is 11.3 Å². The van der Waals surface area contributed by atoms with Crippen LogP contribution in [0.25, 0.3) is 5.65 Å². The molecule has 1 fully saturated rings. The minimum Gasteiger partial charge on any atom is -0.355 e. The number of fused-ring (bicyclic) bond motifs is 1. The molecule has 4 rings (SSSR count). The van der Waals surface area contributed by atoms with Crippen molar-refractivity contribution in [3.63, 3.8) is 0 Å². The average molecular weight is 350 g/mol. The van der Waals surface area contributed by atoms with E-state index >= 15 is 0 Å². The number of aryl methyl sites for hydroxylation is 1. The largest absolute Gasteiger partial charge is 0.355 e. The number of hydrogen-bond acceptors (Lipinski definition) is 5. The summed E-state index contributed by atoms with van der Waals surface area (Å²) in [5.41, 5.74) is 3.09. The van der Waals surface area contributed by atoms with Crippen molar-refractivity contribution in [1.29, 1.82) is 0 Å². The van der Waals surface area contributed by atoms with E-state index in [1.165, 1.54) is 5.56 Å². The number of nitrogens with zero attached hydrogens (tertiary/aromatic N) is 5. The van der Waals surface area contributed by atoms with Crippen molar-refractivity contribution in [2.75, 3.05) is 18.0 Å². The first-order valence-electron chi connectivity index (χ1n) is 8.94. The second-order valence-electron chi connectivity index (χ2n) is 6.79. The van der Waals surface area contributed by atoms with Crippen LogP contribution in [0, 0.1) is 12.8 Å². The van der Waals surface area contributed by atoms with E-state index in [2.05, 4.69) is 44.6 Å². The molecule has 1 aliphatic heterocycles. The van der Waals surface area contributed by atoms with Gasteiger partial charge in [0.25, 0.3) is 0 Å². The number of carbonyl (C=O) groups excluding carboxylic acids is 1. The van der Waals surface area contributed by atoms with Gasteiger partial charge in [-0.25, -0.2) is 0 Å². The molecule has 1 N–H and O–H groups in total. The topological polar surface area (TPSA) is 75.4 Å². The maximum Gasteiger partial charge on any atom is 0.223 e. The van der Waals surface area contributed by atoms with Crippen LogP contribution in [0.2, 0.25) is 0 Å². The van der Waals surface area contributed by atoms with Crippen LogP contribution in [0.5, 0.6) is 0 Å². The Morgan fingerprint density at radius 1 is 1.23 bits per heavy atom. The number of carbonyl (C=O) groups is 1. The van der Waals surface area contributed by atoms with Gasteiger partial charge in [-0.15, -0.1) is 15.3 Å². The SMILES string of the molecule is Cc1cccc(CNC(=O)C2CCN(c3ccc4nncn4n3)CC2)c1. The van der Waals surface area contributed by atoms with E-state index in [0.29, 0.717) is 6.54 Å². The van der Waals surface area contributed by atoms with Crippen LogP contribution in [0.1, 0.15) is 24.0 Å². The van der Waals surface area contributed by atoms with E-state index in [0.717, 1.165) is 43.0 Å². The van der Waals surface area contributed by atoms with E-state index < -0.39 is 0 Å². The quantitative estimate of drug-likeness (QED) is 0.778. The van der Waals surface area contributed by atoms with Crippen molar-refractivity contribution >= 4 is 17.4 Å². The Labute approximate surface area is 152 Å². The van der Waals surface area contributed by atoms with Gasteiger partial charge in [-0.2, -0.15) is 4.52 Å². The summed E-state index contributed by atoms with van der Waals surface area (Å²) in [6.07, 6.45) is 3.27. The van der Waals surface area contributed by atoms with Crippen LogP contribution < -0.4 is 10.2 Å².